The summed E-state index contributed by atoms with van der Waals surface area (Å²) in [5.74, 6) is 0.762. The topological polar surface area (TPSA) is 55.0 Å². The fourth-order valence-corrected chi connectivity index (χ4v) is 2.25. The molecular formula is C12H16N4S. The van der Waals surface area contributed by atoms with Crippen molar-refractivity contribution in [3.05, 3.63) is 40.3 Å². The Morgan fingerprint density at radius 1 is 1.35 bits per heavy atom. The van der Waals surface area contributed by atoms with E-state index in [4.69, 9.17) is 5.73 Å². The Balaban J connectivity index is 2.11. The van der Waals surface area contributed by atoms with Gasteiger partial charge in [0, 0.05) is 35.9 Å². The first kappa shape index (κ1) is 12.0. The third kappa shape index (κ3) is 3.01. The van der Waals surface area contributed by atoms with Crippen LogP contribution in [-0.4, -0.2) is 16.5 Å². The first-order valence-corrected chi connectivity index (χ1v) is 6.49. The monoisotopic (exact) mass is 248 g/mol. The molecule has 0 saturated carbocycles. The predicted molar refractivity (Wildman–Crippen MR) is 71.0 cm³/mol. The van der Waals surface area contributed by atoms with Gasteiger partial charge in [-0.2, -0.15) is 0 Å². The molecule has 0 saturated heterocycles. The van der Waals surface area contributed by atoms with E-state index in [9.17, 15) is 0 Å². The molecule has 0 unspecified atom stereocenters. The quantitative estimate of drug-likeness (QED) is 0.879. The van der Waals surface area contributed by atoms with Gasteiger partial charge in [-0.25, -0.2) is 9.97 Å². The van der Waals surface area contributed by atoms with E-state index in [1.165, 1.54) is 4.88 Å². The molecule has 0 bridgehead atoms. The first-order chi connectivity index (χ1) is 8.33. The van der Waals surface area contributed by atoms with Crippen LogP contribution in [0.4, 0.5) is 5.95 Å². The zero-order chi connectivity index (χ0) is 12.1. The summed E-state index contributed by atoms with van der Waals surface area (Å²) in [4.78, 5) is 12.1. The largest absolute Gasteiger partial charge is 0.336 e. The van der Waals surface area contributed by atoms with Crippen LogP contribution in [0.1, 0.15) is 17.4 Å². The summed E-state index contributed by atoms with van der Waals surface area (Å²) in [5.41, 5.74) is 6.49. The number of aromatic nitrogens is 2. The van der Waals surface area contributed by atoms with Gasteiger partial charge in [0.1, 0.15) is 0 Å². The van der Waals surface area contributed by atoms with Crippen LogP contribution in [-0.2, 0) is 13.1 Å². The van der Waals surface area contributed by atoms with Gasteiger partial charge in [0.15, 0.2) is 0 Å². The fraction of sp³-hybridized carbons (Fsp3) is 0.333. The average molecular weight is 248 g/mol. The van der Waals surface area contributed by atoms with Crippen molar-refractivity contribution in [1.29, 1.82) is 0 Å². The summed E-state index contributed by atoms with van der Waals surface area (Å²) in [6, 6.07) is 4.19. The maximum absolute atomic E-state index is 5.53. The highest BCUT2D eigenvalue weighted by Crippen LogP contribution is 2.15. The van der Waals surface area contributed by atoms with Crippen LogP contribution in [0, 0.1) is 0 Å². The Morgan fingerprint density at radius 2 is 2.12 bits per heavy atom. The fourth-order valence-electron chi connectivity index (χ4n) is 1.53. The van der Waals surface area contributed by atoms with Gasteiger partial charge in [0.05, 0.1) is 6.54 Å². The van der Waals surface area contributed by atoms with Gasteiger partial charge in [0.2, 0.25) is 5.95 Å². The summed E-state index contributed by atoms with van der Waals surface area (Å²) in [6.45, 7) is 4.33. The number of nitrogens with zero attached hydrogens (tertiary/aromatic N) is 3. The van der Waals surface area contributed by atoms with E-state index in [1.54, 1.807) is 23.7 Å². The van der Waals surface area contributed by atoms with E-state index >= 15 is 0 Å². The zero-order valence-corrected chi connectivity index (χ0v) is 10.7. The summed E-state index contributed by atoms with van der Waals surface area (Å²) in [5, 5.41) is 2.08. The summed E-state index contributed by atoms with van der Waals surface area (Å²) in [6.07, 6.45) is 3.58. The smallest absolute Gasteiger partial charge is 0.225 e. The number of rotatable bonds is 5. The molecule has 0 fully saturated rings. The maximum atomic E-state index is 5.53. The molecule has 0 aliphatic heterocycles. The van der Waals surface area contributed by atoms with E-state index in [0.29, 0.717) is 6.54 Å². The molecule has 2 N–H and O–H groups in total. The summed E-state index contributed by atoms with van der Waals surface area (Å²) in [7, 11) is 0. The Morgan fingerprint density at radius 3 is 2.65 bits per heavy atom. The van der Waals surface area contributed by atoms with E-state index in [0.717, 1.165) is 24.6 Å². The second-order valence-corrected chi connectivity index (χ2v) is 4.72. The van der Waals surface area contributed by atoms with Crippen LogP contribution >= 0.6 is 11.3 Å². The van der Waals surface area contributed by atoms with Gasteiger partial charge >= 0.3 is 0 Å². The number of anilines is 1. The van der Waals surface area contributed by atoms with Crippen LogP contribution < -0.4 is 10.6 Å². The van der Waals surface area contributed by atoms with Crippen LogP contribution in [0.15, 0.2) is 29.9 Å². The van der Waals surface area contributed by atoms with Crippen molar-refractivity contribution in [2.45, 2.75) is 20.0 Å². The second kappa shape index (κ2) is 5.75. The molecule has 0 spiro atoms. The Bertz CT molecular complexity index is 438. The van der Waals surface area contributed by atoms with Gasteiger partial charge < -0.3 is 10.6 Å². The lowest BCUT2D eigenvalue weighted by atomic mass is 10.3. The molecule has 17 heavy (non-hydrogen) atoms. The Labute approximate surface area is 105 Å². The minimum Gasteiger partial charge on any atom is -0.336 e. The van der Waals surface area contributed by atoms with Gasteiger partial charge in [-0.3, -0.25) is 0 Å². The maximum Gasteiger partial charge on any atom is 0.225 e. The molecule has 90 valence electrons. The van der Waals surface area contributed by atoms with Crippen molar-refractivity contribution in [1.82, 2.24) is 9.97 Å². The van der Waals surface area contributed by atoms with Crippen molar-refractivity contribution >= 4 is 17.3 Å². The Kier molecular flexibility index (Phi) is 4.06. The van der Waals surface area contributed by atoms with Crippen molar-refractivity contribution in [3.63, 3.8) is 0 Å². The van der Waals surface area contributed by atoms with Gasteiger partial charge in [-0.15, -0.1) is 11.3 Å². The molecule has 2 rings (SSSR count). The zero-order valence-electron chi connectivity index (χ0n) is 9.84. The second-order valence-electron chi connectivity index (χ2n) is 3.69. The highest BCUT2D eigenvalue weighted by Gasteiger charge is 2.08. The SMILES string of the molecule is CCN(Cc1cccs1)c1ncc(CN)cn1. The van der Waals surface area contributed by atoms with Gasteiger partial charge in [-0.1, -0.05) is 6.07 Å². The van der Waals surface area contributed by atoms with Crippen molar-refractivity contribution in [2.24, 2.45) is 5.73 Å². The van der Waals surface area contributed by atoms with Gasteiger partial charge in [0.25, 0.3) is 0 Å². The molecule has 5 heteroatoms. The van der Waals surface area contributed by atoms with E-state index in [1.807, 2.05) is 0 Å². The predicted octanol–water partition coefficient (Wildman–Crippen LogP) is 2.02. The molecule has 0 atom stereocenters. The number of nitrogens with two attached hydrogens (primary N) is 1. The summed E-state index contributed by atoms with van der Waals surface area (Å²) >= 11 is 1.75. The lowest BCUT2D eigenvalue weighted by molar-refractivity contribution is 0.795. The van der Waals surface area contributed by atoms with Crippen molar-refractivity contribution in [2.75, 3.05) is 11.4 Å². The van der Waals surface area contributed by atoms with Crippen LogP contribution in [0.5, 0.6) is 0 Å². The normalized spacial score (nSPS) is 10.5. The highest BCUT2D eigenvalue weighted by atomic mass is 32.1. The minimum atomic E-state index is 0.483. The Hall–Kier alpha value is -1.46. The van der Waals surface area contributed by atoms with Crippen LogP contribution in [0.2, 0.25) is 0 Å². The average Bonchev–Trinajstić information content (AvgIpc) is 2.89. The minimum absolute atomic E-state index is 0.483. The number of hydrogen-bond acceptors (Lipinski definition) is 5. The van der Waals surface area contributed by atoms with Crippen molar-refractivity contribution < 1.29 is 0 Å². The molecular weight excluding hydrogens is 232 g/mol. The van der Waals surface area contributed by atoms with E-state index in [-0.39, 0.29) is 0 Å². The molecule has 0 radical (unpaired) electrons. The van der Waals surface area contributed by atoms with Crippen LogP contribution in [0.25, 0.3) is 0 Å². The lowest BCUT2D eigenvalue weighted by Crippen LogP contribution is -2.23. The number of hydrogen-bond donors (Lipinski definition) is 1. The standard InChI is InChI=1S/C12H16N4S/c1-2-16(9-11-4-3-5-17-11)12-14-7-10(6-13)8-15-12/h3-5,7-8H,2,6,9,13H2,1H3. The molecule has 2 heterocycles. The van der Waals surface area contributed by atoms with Crippen LogP contribution in [0.3, 0.4) is 0 Å². The highest BCUT2D eigenvalue weighted by molar-refractivity contribution is 7.09. The van der Waals surface area contributed by atoms with E-state index in [2.05, 4.69) is 39.3 Å². The molecule has 0 aliphatic rings. The molecule has 0 aromatic carbocycles. The van der Waals surface area contributed by atoms with E-state index < -0.39 is 0 Å². The third-order valence-corrected chi connectivity index (χ3v) is 3.38. The lowest BCUT2D eigenvalue weighted by Gasteiger charge is -2.19. The first-order valence-electron chi connectivity index (χ1n) is 5.61. The summed E-state index contributed by atoms with van der Waals surface area (Å²) < 4.78 is 0. The molecule has 0 aliphatic carbocycles. The van der Waals surface area contributed by atoms with Crippen molar-refractivity contribution in [3.8, 4) is 0 Å². The molecule has 4 nitrogen and oxygen atoms in total. The molecule has 0 amide bonds. The third-order valence-electron chi connectivity index (χ3n) is 2.52. The van der Waals surface area contributed by atoms with Gasteiger partial charge in [-0.05, 0) is 18.4 Å². The molecule has 2 aromatic rings. The number of thiophene rings is 1. The molecule has 2 aromatic heterocycles.